The molecule has 2 aromatic rings. The zero-order chi connectivity index (χ0) is 16.9. The highest BCUT2D eigenvalue weighted by atomic mass is 16.6. The molecule has 122 valence electrons. The van der Waals surface area contributed by atoms with Crippen LogP contribution in [0, 0.1) is 6.92 Å². The van der Waals surface area contributed by atoms with Gasteiger partial charge in [0.05, 0.1) is 17.0 Å². The van der Waals surface area contributed by atoms with Crippen LogP contribution in [0.5, 0.6) is 0 Å². The van der Waals surface area contributed by atoms with E-state index in [4.69, 9.17) is 4.74 Å². The smallest absolute Gasteiger partial charge is 0.338 e. The first kappa shape index (κ1) is 16.9. The fraction of sp³-hybridized carbons (Fsp3) is 0.412. The van der Waals surface area contributed by atoms with Crippen molar-refractivity contribution >= 4 is 11.8 Å². The van der Waals surface area contributed by atoms with Crippen molar-refractivity contribution < 1.29 is 9.53 Å². The lowest BCUT2D eigenvalue weighted by atomic mass is 10.2. The zero-order valence-corrected chi connectivity index (χ0v) is 14.0. The average molecular weight is 314 g/mol. The lowest BCUT2D eigenvalue weighted by molar-refractivity contribution is 0.00694. The number of pyridine rings is 1. The van der Waals surface area contributed by atoms with Crippen LogP contribution >= 0.6 is 0 Å². The molecule has 23 heavy (non-hydrogen) atoms. The minimum atomic E-state index is -0.516. The Bertz CT molecular complexity index is 680. The molecular formula is C17H22N4O2. The topological polar surface area (TPSA) is 77.0 Å². The van der Waals surface area contributed by atoms with Gasteiger partial charge in [-0.2, -0.15) is 0 Å². The second kappa shape index (κ2) is 7.17. The van der Waals surface area contributed by atoms with Gasteiger partial charge >= 0.3 is 5.97 Å². The number of esters is 1. The Morgan fingerprint density at radius 1 is 1.17 bits per heavy atom. The van der Waals surface area contributed by atoms with Crippen LogP contribution in [-0.2, 0) is 11.2 Å². The van der Waals surface area contributed by atoms with E-state index in [2.05, 4.69) is 20.3 Å². The Kier molecular flexibility index (Phi) is 5.26. The van der Waals surface area contributed by atoms with Gasteiger partial charge < -0.3 is 10.1 Å². The molecule has 0 atom stereocenters. The third-order valence-electron chi connectivity index (χ3n) is 3.05. The molecule has 0 radical (unpaired) electrons. The van der Waals surface area contributed by atoms with E-state index in [1.165, 1.54) is 0 Å². The standard InChI is InChI=1S/C17H22N4O2/c1-12-14(19-10-9-18-12)6-8-21-15-11-13(5-7-20-15)16(22)23-17(2,3)4/h5,7,9-11H,6,8H2,1-4H3,(H,20,21). The summed E-state index contributed by atoms with van der Waals surface area (Å²) in [7, 11) is 0. The molecule has 0 saturated heterocycles. The maximum absolute atomic E-state index is 12.1. The summed E-state index contributed by atoms with van der Waals surface area (Å²) >= 11 is 0. The number of nitrogens with one attached hydrogen (secondary N) is 1. The highest BCUT2D eigenvalue weighted by molar-refractivity contribution is 5.90. The van der Waals surface area contributed by atoms with Crippen LogP contribution in [-0.4, -0.2) is 33.1 Å². The van der Waals surface area contributed by atoms with Crippen LogP contribution in [0.15, 0.2) is 30.7 Å². The highest BCUT2D eigenvalue weighted by Gasteiger charge is 2.18. The molecule has 0 amide bonds. The molecule has 0 spiro atoms. The molecule has 0 aliphatic rings. The molecule has 2 rings (SSSR count). The predicted molar refractivity (Wildman–Crippen MR) is 88.4 cm³/mol. The molecule has 0 aromatic carbocycles. The highest BCUT2D eigenvalue weighted by Crippen LogP contribution is 2.14. The Labute approximate surface area is 136 Å². The summed E-state index contributed by atoms with van der Waals surface area (Å²) in [4.78, 5) is 24.8. The van der Waals surface area contributed by atoms with Gasteiger partial charge in [0, 0.05) is 31.6 Å². The predicted octanol–water partition coefficient (Wildman–Crippen LogP) is 2.79. The molecule has 6 heteroatoms. The summed E-state index contributed by atoms with van der Waals surface area (Å²) in [6.07, 6.45) is 5.69. The van der Waals surface area contributed by atoms with Crippen LogP contribution < -0.4 is 5.32 Å². The second-order valence-electron chi connectivity index (χ2n) is 6.20. The molecule has 2 heterocycles. The second-order valence-corrected chi connectivity index (χ2v) is 6.20. The van der Waals surface area contributed by atoms with E-state index in [-0.39, 0.29) is 5.97 Å². The van der Waals surface area contributed by atoms with E-state index in [1.807, 2.05) is 27.7 Å². The fourth-order valence-corrected chi connectivity index (χ4v) is 1.98. The van der Waals surface area contributed by atoms with Crippen molar-refractivity contribution in [2.75, 3.05) is 11.9 Å². The van der Waals surface area contributed by atoms with E-state index in [0.29, 0.717) is 17.9 Å². The van der Waals surface area contributed by atoms with Crippen LogP contribution in [0.3, 0.4) is 0 Å². The molecule has 0 saturated carbocycles. The monoisotopic (exact) mass is 314 g/mol. The van der Waals surface area contributed by atoms with Gasteiger partial charge in [-0.25, -0.2) is 9.78 Å². The van der Waals surface area contributed by atoms with E-state index < -0.39 is 5.60 Å². The Hall–Kier alpha value is -2.50. The van der Waals surface area contributed by atoms with Crippen molar-refractivity contribution in [3.05, 3.63) is 47.7 Å². The normalized spacial score (nSPS) is 11.1. The molecule has 0 aliphatic heterocycles. The number of aryl methyl sites for hydroxylation is 1. The molecular weight excluding hydrogens is 292 g/mol. The number of carbonyl (C=O) groups is 1. The number of rotatable bonds is 5. The summed E-state index contributed by atoms with van der Waals surface area (Å²) in [6.45, 7) is 8.12. The van der Waals surface area contributed by atoms with Crippen molar-refractivity contribution in [2.24, 2.45) is 0 Å². The van der Waals surface area contributed by atoms with Crippen molar-refractivity contribution in [2.45, 2.75) is 39.7 Å². The van der Waals surface area contributed by atoms with Crippen molar-refractivity contribution in [3.63, 3.8) is 0 Å². The molecule has 6 nitrogen and oxygen atoms in total. The average Bonchev–Trinajstić information content (AvgIpc) is 2.48. The number of anilines is 1. The van der Waals surface area contributed by atoms with Gasteiger partial charge in [0.25, 0.3) is 0 Å². The zero-order valence-electron chi connectivity index (χ0n) is 14.0. The van der Waals surface area contributed by atoms with Gasteiger partial charge in [0.15, 0.2) is 0 Å². The third-order valence-corrected chi connectivity index (χ3v) is 3.05. The van der Waals surface area contributed by atoms with Gasteiger partial charge in [-0.15, -0.1) is 0 Å². The van der Waals surface area contributed by atoms with E-state index >= 15 is 0 Å². The van der Waals surface area contributed by atoms with Gasteiger partial charge in [-0.1, -0.05) is 0 Å². The Morgan fingerprint density at radius 2 is 1.91 bits per heavy atom. The first-order chi connectivity index (χ1) is 10.8. The molecule has 0 fully saturated rings. The first-order valence-electron chi connectivity index (χ1n) is 7.55. The SMILES string of the molecule is Cc1nccnc1CCNc1cc(C(=O)OC(C)(C)C)ccn1. The van der Waals surface area contributed by atoms with Gasteiger partial charge in [-0.3, -0.25) is 9.97 Å². The first-order valence-corrected chi connectivity index (χ1v) is 7.55. The summed E-state index contributed by atoms with van der Waals surface area (Å²) in [5, 5.41) is 3.19. The lowest BCUT2D eigenvalue weighted by Gasteiger charge is -2.19. The number of nitrogens with zero attached hydrogens (tertiary/aromatic N) is 3. The van der Waals surface area contributed by atoms with Gasteiger partial charge in [0.1, 0.15) is 11.4 Å². The number of hydrogen-bond donors (Lipinski definition) is 1. The number of carbonyl (C=O) groups excluding carboxylic acids is 1. The maximum atomic E-state index is 12.1. The van der Waals surface area contributed by atoms with Crippen molar-refractivity contribution in [1.82, 2.24) is 15.0 Å². The quantitative estimate of drug-likeness (QED) is 0.855. The molecule has 1 N–H and O–H groups in total. The largest absolute Gasteiger partial charge is 0.456 e. The Morgan fingerprint density at radius 3 is 2.61 bits per heavy atom. The van der Waals surface area contributed by atoms with Crippen molar-refractivity contribution in [1.29, 1.82) is 0 Å². The van der Waals surface area contributed by atoms with Gasteiger partial charge in [-0.05, 0) is 39.8 Å². The van der Waals surface area contributed by atoms with E-state index in [0.717, 1.165) is 17.8 Å². The van der Waals surface area contributed by atoms with Crippen LogP contribution in [0.2, 0.25) is 0 Å². The number of hydrogen-bond acceptors (Lipinski definition) is 6. The van der Waals surface area contributed by atoms with Crippen LogP contribution in [0.4, 0.5) is 5.82 Å². The van der Waals surface area contributed by atoms with E-state index in [1.54, 1.807) is 30.7 Å². The number of aromatic nitrogens is 3. The lowest BCUT2D eigenvalue weighted by Crippen LogP contribution is -2.24. The van der Waals surface area contributed by atoms with Crippen LogP contribution in [0.25, 0.3) is 0 Å². The summed E-state index contributed by atoms with van der Waals surface area (Å²) < 4.78 is 5.36. The Balaban J connectivity index is 1.95. The molecule has 0 aliphatic carbocycles. The summed E-state index contributed by atoms with van der Waals surface area (Å²) in [5.41, 5.74) is 1.83. The minimum absolute atomic E-state index is 0.354. The maximum Gasteiger partial charge on any atom is 0.338 e. The molecule has 0 unspecified atom stereocenters. The van der Waals surface area contributed by atoms with Crippen molar-refractivity contribution in [3.8, 4) is 0 Å². The molecule has 0 bridgehead atoms. The van der Waals surface area contributed by atoms with Crippen LogP contribution in [0.1, 0.15) is 42.5 Å². The third kappa shape index (κ3) is 5.32. The minimum Gasteiger partial charge on any atom is -0.456 e. The molecule has 2 aromatic heterocycles. The van der Waals surface area contributed by atoms with Gasteiger partial charge in [0.2, 0.25) is 0 Å². The number of ether oxygens (including phenoxy) is 1. The fourth-order valence-electron chi connectivity index (χ4n) is 1.98. The summed E-state index contributed by atoms with van der Waals surface area (Å²) in [6, 6.07) is 3.34. The van der Waals surface area contributed by atoms with E-state index in [9.17, 15) is 4.79 Å². The summed E-state index contributed by atoms with van der Waals surface area (Å²) in [5.74, 6) is 0.280.